The highest BCUT2D eigenvalue weighted by molar-refractivity contribution is 7.14. The van der Waals surface area contributed by atoms with Crippen LogP contribution in [0.4, 0.5) is 0 Å². The van der Waals surface area contributed by atoms with Crippen LogP contribution in [0.1, 0.15) is 37.4 Å². The Labute approximate surface area is 110 Å². The van der Waals surface area contributed by atoms with Gasteiger partial charge >= 0.3 is 0 Å². The summed E-state index contributed by atoms with van der Waals surface area (Å²) in [6, 6.07) is 6.56. The molecule has 2 aromatic heterocycles. The van der Waals surface area contributed by atoms with Crippen molar-refractivity contribution in [2.75, 3.05) is 0 Å². The maximum Gasteiger partial charge on any atom is 0.102 e. The van der Waals surface area contributed by atoms with E-state index in [1.54, 1.807) is 0 Å². The van der Waals surface area contributed by atoms with Crippen LogP contribution in [-0.2, 0) is 6.42 Å². The molecule has 0 aliphatic heterocycles. The molecule has 0 nitrogen and oxygen atoms in total. The van der Waals surface area contributed by atoms with Crippen LogP contribution in [0.5, 0.6) is 0 Å². The van der Waals surface area contributed by atoms with Crippen molar-refractivity contribution in [3.63, 3.8) is 0 Å². The molecular weight excluding hydrogens is 256 g/mol. The molecule has 2 heterocycles. The Morgan fingerprint density at radius 3 is 2.50 bits per heavy atom. The van der Waals surface area contributed by atoms with E-state index < -0.39 is 0 Å². The largest absolute Gasteiger partial charge is 0.143 e. The van der Waals surface area contributed by atoms with E-state index in [0.29, 0.717) is 0 Å². The standard InChI is InChI=1S/C13H15ClS2/c1-4-10-5-6-11(16-10)12(14)13-8(2)7-9(3)15-13/h5-7,12H,4H2,1-3H3. The molecule has 0 spiro atoms. The van der Waals surface area contributed by atoms with Gasteiger partial charge in [-0.15, -0.1) is 34.3 Å². The topological polar surface area (TPSA) is 0 Å². The molecule has 3 heteroatoms. The zero-order chi connectivity index (χ0) is 11.7. The first kappa shape index (κ1) is 12.2. The van der Waals surface area contributed by atoms with Gasteiger partial charge in [0, 0.05) is 19.5 Å². The van der Waals surface area contributed by atoms with E-state index in [4.69, 9.17) is 11.6 Å². The molecule has 0 N–H and O–H groups in total. The smallest absolute Gasteiger partial charge is 0.102 e. The van der Waals surface area contributed by atoms with Gasteiger partial charge in [0.1, 0.15) is 5.38 Å². The summed E-state index contributed by atoms with van der Waals surface area (Å²) in [6.45, 7) is 6.46. The molecule has 0 aromatic carbocycles. The average Bonchev–Trinajstić information content (AvgIpc) is 2.84. The fraction of sp³-hybridized carbons (Fsp3) is 0.385. The summed E-state index contributed by atoms with van der Waals surface area (Å²) in [5, 5.41) is 0.0315. The Kier molecular flexibility index (Phi) is 3.73. The Hall–Kier alpha value is -0.310. The van der Waals surface area contributed by atoms with Crippen LogP contribution in [0.25, 0.3) is 0 Å². The van der Waals surface area contributed by atoms with Gasteiger partial charge in [-0.3, -0.25) is 0 Å². The number of alkyl halides is 1. The van der Waals surface area contributed by atoms with Crippen LogP contribution in [0.3, 0.4) is 0 Å². The van der Waals surface area contributed by atoms with E-state index in [2.05, 4.69) is 39.0 Å². The molecule has 0 saturated carbocycles. The maximum absolute atomic E-state index is 6.54. The fourth-order valence-corrected chi connectivity index (χ4v) is 4.32. The summed E-state index contributed by atoms with van der Waals surface area (Å²) in [5.74, 6) is 0. The third kappa shape index (κ3) is 2.34. The Bertz CT molecular complexity index is 482. The lowest BCUT2D eigenvalue weighted by molar-refractivity contribution is 1.19. The molecule has 0 fully saturated rings. The van der Waals surface area contributed by atoms with Gasteiger partial charge in [-0.2, -0.15) is 0 Å². The van der Waals surface area contributed by atoms with Gasteiger partial charge in [0.25, 0.3) is 0 Å². The van der Waals surface area contributed by atoms with E-state index in [9.17, 15) is 0 Å². The first-order valence-corrected chi connectivity index (χ1v) is 7.48. The van der Waals surface area contributed by atoms with Gasteiger partial charge in [-0.05, 0) is 44.0 Å². The number of aryl methyl sites for hydroxylation is 3. The first-order valence-electron chi connectivity index (χ1n) is 5.41. The van der Waals surface area contributed by atoms with Gasteiger partial charge in [0.2, 0.25) is 0 Å². The number of hydrogen-bond acceptors (Lipinski definition) is 2. The van der Waals surface area contributed by atoms with E-state index in [0.717, 1.165) is 6.42 Å². The van der Waals surface area contributed by atoms with Crippen LogP contribution in [0.2, 0.25) is 0 Å². The number of rotatable bonds is 3. The van der Waals surface area contributed by atoms with Crippen LogP contribution in [0, 0.1) is 13.8 Å². The van der Waals surface area contributed by atoms with Gasteiger partial charge in [-0.25, -0.2) is 0 Å². The molecule has 0 radical (unpaired) electrons. The number of halogens is 1. The summed E-state index contributed by atoms with van der Waals surface area (Å²) in [5.41, 5.74) is 1.31. The van der Waals surface area contributed by atoms with Crippen molar-refractivity contribution in [1.82, 2.24) is 0 Å². The number of hydrogen-bond donors (Lipinski definition) is 0. The molecule has 16 heavy (non-hydrogen) atoms. The Morgan fingerprint density at radius 2 is 2.00 bits per heavy atom. The minimum atomic E-state index is 0.0315. The molecule has 86 valence electrons. The highest BCUT2D eigenvalue weighted by Crippen LogP contribution is 2.39. The van der Waals surface area contributed by atoms with E-state index in [-0.39, 0.29) is 5.38 Å². The van der Waals surface area contributed by atoms with Crippen molar-refractivity contribution in [3.05, 3.63) is 43.3 Å². The summed E-state index contributed by atoms with van der Waals surface area (Å²) in [7, 11) is 0. The van der Waals surface area contributed by atoms with Crippen LogP contribution in [-0.4, -0.2) is 0 Å². The van der Waals surface area contributed by atoms with E-state index in [1.165, 1.54) is 25.1 Å². The molecular formula is C13H15ClS2. The second-order valence-corrected chi connectivity index (χ2v) is 6.85. The summed E-state index contributed by atoms with van der Waals surface area (Å²) >= 11 is 10.2. The minimum Gasteiger partial charge on any atom is -0.143 e. The molecule has 1 unspecified atom stereocenters. The van der Waals surface area contributed by atoms with Crippen molar-refractivity contribution in [1.29, 1.82) is 0 Å². The van der Waals surface area contributed by atoms with Crippen molar-refractivity contribution in [2.45, 2.75) is 32.6 Å². The zero-order valence-electron chi connectivity index (χ0n) is 9.71. The molecule has 0 aliphatic carbocycles. The average molecular weight is 271 g/mol. The van der Waals surface area contributed by atoms with Gasteiger partial charge in [0.05, 0.1) is 0 Å². The normalized spacial score (nSPS) is 13.0. The van der Waals surface area contributed by atoms with Crippen LogP contribution < -0.4 is 0 Å². The first-order chi connectivity index (χ1) is 7.61. The third-order valence-electron chi connectivity index (χ3n) is 2.59. The Balaban J connectivity index is 2.31. The maximum atomic E-state index is 6.54. The number of thiophene rings is 2. The molecule has 2 rings (SSSR count). The van der Waals surface area contributed by atoms with Crippen molar-refractivity contribution in [3.8, 4) is 0 Å². The van der Waals surface area contributed by atoms with Crippen molar-refractivity contribution in [2.24, 2.45) is 0 Å². The second kappa shape index (κ2) is 4.91. The lowest BCUT2D eigenvalue weighted by Gasteiger charge is -2.05. The monoisotopic (exact) mass is 270 g/mol. The van der Waals surface area contributed by atoms with Gasteiger partial charge < -0.3 is 0 Å². The molecule has 1 atom stereocenters. The molecule has 0 saturated heterocycles. The second-order valence-electron chi connectivity index (χ2n) is 3.92. The molecule has 0 aliphatic rings. The lowest BCUT2D eigenvalue weighted by atomic mass is 10.2. The molecule has 2 aromatic rings. The summed E-state index contributed by atoms with van der Waals surface area (Å²) in [4.78, 5) is 5.31. The highest BCUT2D eigenvalue weighted by atomic mass is 35.5. The van der Waals surface area contributed by atoms with Crippen molar-refractivity contribution < 1.29 is 0 Å². The van der Waals surface area contributed by atoms with Crippen molar-refractivity contribution >= 4 is 34.3 Å². The summed E-state index contributed by atoms with van der Waals surface area (Å²) in [6.07, 6.45) is 1.09. The van der Waals surface area contributed by atoms with Crippen LogP contribution >= 0.6 is 34.3 Å². The van der Waals surface area contributed by atoms with Crippen LogP contribution in [0.15, 0.2) is 18.2 Å². The van der Waals surface area contributed by atoms with E-state index in [1.807, 2.05) is 22.7 Å². The molecule has 0 bridgehead atoms. The molecule has 0 amide bonds. The zero-order valence-corrected chi connectivity index (χ0v) is 12.1. The Morgan fingerprint density at radius 1 is 1.25 bits per heavy atom. The summed E-state index contributed by atoms with van der Waals surface area (Å²) < 4.78 is 0. The van der Waals surface area contributed by atoms with E-state index >= 15 is 0 Å². The fourth-order valence-electron chi connectivity index (χ4n) is 1.76. The predicted molar refractivity (Wildman–Crippen MR) is 75.2 cm³/mol. The highest BCUT2D eigenvalue weighted by Gasteiger charge is 2.17. The SMILES string of the molecule is CCc1ccc(C(Cl)c2sc(C)cc2C)s1. The predicted octanol–water partition coefficient (Wildman–Crippen LogP) is 5.32. The lowest BCUT2D eigenvalue weighted by Crippen LogP contribution is -1.87. The van der Waals surface area contributed by atoms with Gasteiger partial charge in [-0.1, -0.05) is 6.92 Å². The quantitative estimate of drug-likeness (QED) is 0.663. The van der Waals surface area contributed by atoms with Gasteiger partial charge in [0.15, 0.2) is 0 Å². The minimum absolute atomic E-state index is 0.0315. The third-order valence-corrected chi connectivity index (χ3v) is 5.81.